The summed E-state index contributed by atoms with van der Waals surface area (Å²) in [6, 6.07) is 0. The molecule has 0 nitrogen and oxygen atoms in total. The lowest BCUT2D eigenvalue weighted by atomic mass is 10.0. The Morgan fingerprint density at radius 1 is 0.263 bits per heavy atom. The van der Waals surface area contributed by atoms with Gasteiger partial charge in [-0.25, -0.2) is 0 Å². The molecule has 0 aromatic rings. The molecule has 0 bridgehead atoms. The van der Waals surface area contributed by atoms with E-state index in [1.54, 1.807) is 0 Å². The Morgan fingerprint density at radius 3 is 0.605 bits per heavy atom. The van der Waals surface area contributed by atoms with Gasteiger partial charge in [-0.05, 0) is 12.8 Å². The minimum Gasteiger partial charge on any atom is -0.123 e. The van der Waals surface area contributed by atoms with Gasteiger partial charge in [0.25, 0.3) is 0 Å². The van der Waals surface area contributed by atoms with Crippen LogP contribution in [0.5, 0.6) is 0 Å². The fourth-order valence-corrected chi connectivity index (χ4v) is 6.28. The van der Waals surface area contributed by atoms with Crippen LogP contribution < -0.4 is 0 Å². The number of hydrogen-bond acceptors (Lipinski definition) is 0. The maximum Gasteiger partial charge on any atom is 0.0336 e. The highest BCUT2D eigenvalue weighted by atomic mass is 35.5. The second kappa shape index (κ2) is 35.3. The lowest BCUT2D eigenvalue weighted by molar-refractivity contribution is 0.513. The molecule has 0 saturated carbocycles. The minimum atomic E-state index is 0.438. The summed E-state index contributed by atoms with van der Waals surface area (Å²) in [4.78, 5) is 0. The van der Waals surface area contributed by atoms with E-state index in [0.29, 0.717) is 5.38 Å². The Hall–Kier alpha value is 0.290. The zero-order valence-electron chi connectivity index (χ0n) is 27.0. The van der Waals surface area contributed by atoms with Crippen LogP contribution in [0.2, 0.25) is 0 Å². The zero-order valence-corrected chi connectivity index (χ0v) is 27.8. The average molecular weight is 555 g/mol. The van der Waals surface area contributed by atoms with Crippen LogP contribution in [-0.4, -0.2) is 5.38 Å². The van der Waals surface area contributed by atoms with Crippen LogP contribution in [-0.2, 0) is 0 Å². The first kappa shape index (κ1) is 38.3. The van der Waals surface area contributed by atoms with Crippen molar-refractivity contribution in [2.75, 3.05) is 0 Å². The van der Waals surface area contributed by atoms with E-state index in [1.807, 2.05) is 0 Å². The number of alkyl halides is 1. The highest BCUT2D eigenvalue weighted by molar-refractivity contribution is 6.20. The van der Waals surface area contributed by atoms with E-state index in [-0.39, 0.29) is 0 Å². The number of unbranched alkanes of at least 4 members (excludes halogenated alkanes) is 30. The number of halogens is 1. The second-order valence-corrected chi connectivity index (χ2v) is 13.4. The maximum absolute atomic E-state index is 6.61. The van der Waals surface area contributed by atoms with E-state index in [1.165, 1.54) is 218 Å². The van der Waals surface area contributed by atoms with E-state index in [9.17, 15) is 0 Å². The van der Waals surface area contributed by atoms with Crippen LogP contribution in [0.4, 0.5) is 0 Å². The molecule has 0 atom stereocenters. The zero-order chi connectivity index (χ0) is 27.6. The van der Waals surface area contributed by atoms with Gasteiger partial charge in [-0.15, -0.1) is 11.6 Å². The van der Waals surface area contributed by atoms with Gasteiger partial charge in [-0.3, -0.25) is 0 Å². The molecule has 0 rings (SSSR count). The van der Waals surface area contributed by atoms with Crippen LogP contribution in [0.1, 0.15) is 232 Å². The molecule has 0 aromatic carbocycles. The molecule has 38 heavy (non-hydrogen) atoms. The molecule has 0 amide bonds. The first-order valence-corrected chi connectivity index (χ1v) is 18.9. The molecule has 1 heteroatoms. The van der Waals surface area contributed by atoms with Crippen LogP contribution in [0, 0.1) is 0 Å². The molecule has 0 saturated heterocycles. The quantitative estimate of drug-likeness (QED) is 0.0547. The van der Waals surface area contributed by atoms with Crippen molar-refractivity contribution < 1.29 is 0 Å². The van der Waals surface area contributed by atoms with Gasteiger partial charge in [0.15, 0.2) is 0 Å². The summed E-state index contributed by atoms with van der Waals surface area (Å²) in [5, 5.41) is 0.438. The number of rotatable bonds is 34. The summed E-state index contributed by atoms with van der Waals surface area (Å²) in [7, 11) is 0. The largest absolute Gasteiger partial charge is 0.123 e. The average Bonchev–Trinajstić information content (AvgIpc) is 2.92. The molecule has 0 heterocycles. The lowest BCUT2D eigenvalue weighted by Crippen LogP contribution is -1.98. The first-order valence-electron chi connectivity index (χ1n) is 18.4. The van der Waals surface area contributed by atoms with Crippen molar-refractivity contribution in [2.24, 2.45) is 0 Å². The summed E-state index contributed by atoms with van der Waals surface area (Å²) in [5.74, 6) is 0. The molecule has 0 N–H and O–H groups in total. The predicted octanol–water partition coefficient (Wildman–Crippen LogP) is 14.9. The van der Waals surface area contributed by atoms with E-state index < -0.39 is 0 Å². The highest BCUT2D eigenvalue weighted by Crippen LogP contribution is 2.19. The lowest BCUT2D eigenvalue weighted by Gasteiger charge is -2.09. The normalized spacial score (nSPS) is 11.7. The van der Waals surface area contributed by atoms with Crippen LogP contribution >= 0.6 is 11.6 Å². The van der Waals surface area contributed by atoms with Crippen LogP contribution in [0.3, 0.4) is 0 Å². The molecule has 0 unspecified atom stereocenters. The molecular weight excluding hydrogens is 480 g/mol. The van der Waals surface area contributed by atoms with Crippen molar-refractivity contribution >= 4 is 11.6 Å². The fourth-order valence-electron chi connectivity index (χ4n) is 5.97. The third kappa shape index (κ3) is 34.3. The third-order valence-corrected chi connectivity index (χ3v) is 9.18. The standard InChI is InChI=1S/C37H75Cl/c1-3-5-7-9-11-13-15-17-19-21-23-25-27-29-31-33-35-37(38)36-34-32-30-28-26-24-22-20-18-16-14-12-10-8-6-4-2/h37H,3-36H2,1-2H3. The van der Waals surface area contributed by atoms with Crippen molar-refractivity contribution in [1.29, 1.82) is 0 Å². The van der Waals surface area contributed by atoms with Gasteiger partial charge >= 0.3 is 0 Å². The van der Waals surface area contributed by atoms with E-state index >= 15 is 0 Å². The summed E-state index contributed by atoms with van der Waals surface area (Å²) < 4.78 is 0. The molecule has 0 aliphatic rings. The molecule has 0 aliphatic carbocycles. The highest BCUT2D eigenvalue weighted by Gasteiger charge is 2.04. The monoisotopic (exact) mass is 555 g/mol. The molecule has 0 fully saturated rings. The Kier molecular flexibility index (Phi) is 35.6. The van der Waals surface area contributed by atoms with E-state index in [2.05, 4.69) is 13.8 Å². The van der Waals surface area contributed by atoms with Gasteiger partial charge in [-0.1, -0.05) is 219 Å². The molecule has 0 aromatic heterocycles. The summed E-state index contributed by atoms with van der Waals surface area (Å²) in [6.07, 6.45) is 48.8. The van der Waals surface area contributed by atoms with Gasteiger partial charge in [0.05, 0.1) is 0 Å². The van der Waals surface area contributed by atoms with Crippen molar-refractivity contribution in [3.8, 4) is 0 Å². The fraction of sp³-hybridized carbons (Fsp3) is 1.00. The molecule has 0 aliphatic heterocycles. The SMILES string of the molecule is CCCCCCCCCCCCCCCCCCC(Cl)CCCCCCCCCCCCCCCCCC. The van der Waals surface area contributed by atoms with Crippen LogP contribution in [0.15, 0.2) is 0 Å². The Labute approximate surface area is 248 Å². The maximum atomic E-state index is 6.61. The summed E-state index contributed by atoms with van der Waals surface area (Å²) in [6.45, 7) is 4.61. The van der Waals surface area contributed by atoms with Gasteiger partial charge in [-0.2, -0.15) is 0 Å². The minimum absolute atomic E-state index is 0.438. The summed E-state index contributed by atoms with van der Waals surface area (Å²) >= 11 is 6.61. The molecule has 230 valence electrons. The van der Waals surface area contributed by atoms with E-state index in [4.69, 9.17) is 11.6 Å². The van der Waals surface area contributed by atoms with E-state index in [0.717, 1.165) is 0 Å². The van der Waals surface area contributed by atoms with Crippen molar-refractivity contribution in [2.45, 2.75) is 238 Å². The Bertz CT molecular complexity index is 356. The Morgan fingerprint density at radius 2 is 0.421 bits per heavy atom. The predicted molar refractivity (Wildman–Crippen MR) is 178 cm³/mol. The molecule has 0 radical (unpaired) electrons. The molecular formula is C37H75Cl. The second-order valence-electron chi connectivity index (χ2n) is 12.8. The first-order chi connectivity index (χ1) is 18.8. The van der Waals surface area contributed by atoms with Gasteiger partial charge in [0, 0.05) is 5.38 Å². The topological polar surface area (TPSA) is 0 Å². The van der Waals surface area contributed by atoms with Crippen LogP contribution in [0.25, 0.3) is 0 Å². The smallest absolute Gasteiger partial charge is 0.0336 e. The third-order valence-electron chi connectivity index (χ3n) is 8.74. The Balaban J connectivity index is 3.13. The van der Waals surface area contributed by atoms with Gasteiger partial charge < -0.3 is 0 Å². The van der Waals surface area contributed by atoms with Crippen molar-refractivity contribution in [1.82, 2.24) is 0 Å². The number of hydrogen-bond donors (Lipinski definition) is 0. The molecule has 0 spiro atoms. The van der Waals surface area contributed by atoms with Crippen molar-refractivity contribution in [3.63, 3.8) is 0 Å². The summed E-state index contributed by atoms with van der Waals surface area (Å²) in [5.41, 5.74) is 0. The van der Waals surface area contributed by atoms with Gasteiger partial charge in [0.1, 0.15) is 0 Å². The van der Waals surface area contributed by atoms with Gasteiger partial charge in [0.2, 0.25) is 0 Å². The van der Waals surface area contributed by atoms with Crippen molar-refractivity contribution in [3.05, 3.63) is 0 Å².